The summed E-state index contributed by atoms with van der Waals surface area (Å²) in [6, 6.07) is 5.61. The Morgan fingerprint density at radius 1 is 1.26 bits per heavy atom. The molecule has 1 atom stereocenters. The fraction of sp³-hybridized carbons (Fsp3) is 0.579. The summed E-state index contributed by atoms with van der Waals surface area (Å²) < 4.78 is 38.5. The first-order valence-electron chi connectivity index (χ1n) is 9.10. The Hall–Kier alpha value is -2.09. The van der Waals surface area contributed by atoms with Crippen LogP contribution in [0.3, 0.4) is 0 Å². The largest absolute Gasteiger partial charge is 0.416 e. The van der Waals surface area contributed by atoms with E-state index in [1.54, 1.807) is 6.07 Å². The van der Waals surface area contributed by atoms with E-state index in [4.69, 9.17) is 0 Å². The zero-order chi connectivity index (χ0) is 19.7. The summed E-state index contributed by atoms with van der Waals surface area (Å²) in [6.07, 6.45) is -1.57. The van der Waals surface area contributed by atoms with Gasteiger partial charge >= 0.3 is 6.18 Å². The van der Waals surface area contributed by atoms with Crippen molar-refractivity contribution >= 4 is 11.8 Å². The number of hydrogen-bond donors (Lipinski definition) is 2. The third-order valence-electron chi connectivity index (χ3n) is 5.54. The van der Waals surface area contributed by atoms with Crippen LogP contribution < -0.4 is 10.6 Å². The number of halogens is 3. The average Bonchev–Trinajstić information content (AvgIpc) is 3.26. The molecule has 2 N–H and O–H groups in total. The minimum absolute atomic E-state index is 0.0103. The van der Waals surface area contributed by atoms with E-state index in [0.29, 0.717) is 12.1 Å². The van der Waals surface area contributed by atoms with Crippen molar-refractivity contribution in [1.82, 2.24) is 15.5 Å². The molecule has 1 aliphatic carbocycles. The van der Waals surface area contributed by atoms with Crippen molar-refractivity contribution < 1.29 is 22.8 Å². The number of amides is 2. The monoisotopic (exact) mass is 383 g/mol. The van der Waals surface area contributed by atoms with Crippen LogP contribution in [0.4, 0.5) is 13.2 Å². The third-order valence-corrected chi connectivity index (χ3v) is 5.54. The summed E-state index contributed by atoms with van der Waals surface area (Å²) in [5, 5.41) is 5.44. The molecule has 1 aliphatic heterocycles. The molecule has 1 unspecified atom stereocenters. The predicted molar refractivity (Wildman–Crippen MR) is 93.6 cm³/mol. The van der Waals surface area contributed by atoms with Crippen LogP contribution in [0, 0.1) is 5.41 Å². The maximum absolute atomic E-state index is 12.8. The van der Waals surface area contributed by atoms with Gasteiger partial charge in [-0.05, 0) is 49.4 Å². The van der Waals surface area contributed by atoms with Crippen molar-refractivity contribution in [3.05, 3.63) is 35.4 Å². The number of alkyl halides is 3. The molecule has 0 radical (unpaired) electrons. The Balaban J connectivity index is 1.46. The van der Waals surface area contributed by atoms with Crippen LogP contribution in [0.1, 0.15) is 37.3 Å². The van der Waals surface area contributed by atoms with Crippen LogP contribution in [0.5, 0.6) is 0 Å². The average molecular weight is 383 g/mol. The summed E-state index contributed by atoms with van der Waals surface area (Å²) in [5.41, 5.74) is 0.158. The Labute approximate surface area is 156 Å². The van der Waals surface area contributed by atoms with E-state index < -0.39 is 11.7 Å². The second kappa shape index (κ2) is 7.50. The first-order valence-corrected chi connectivity index (χ1v) is 9.10. The van der Waals surface area contributed by atoms with Crippen LogP contribution in [0.15, 0.2) is 24.3 Å². The molecule has 148 valence electrons. The quantitative estimate of drug-likeness (QED) is 0.820. The fourth-order valence-corrected chi connectivity index (χ4v) is 3.82. The molecule has 27 heavy (non-hydrogen) atoms. The minimum Gasteiger partial charge on any atom is -0.351 e. The van der Waals surface area contributed by atoms with Crippen molar-refractivity contribution in [2.45, 2.75) is 44.9 Å². The van der Waals surface area contributed by atoms with Gasteiger partial charge in [-0.1, -0.05) is 18.2 Å². The van der Waals surface area contributed by atoms with Gasteiger partial charge < -0.3 is 10.6 Å². The molecular formula is C19H24F3N3O2. The van der Waals surface area contributed by atoms with Gasteiger partial charge in [-0.3, -0.25) is 14.5 Å². The highest BCUT2D eigenvalue weighted by atomic mass is 19.4. The first kappa shape index (κ1) is 19.7. The zero-order valence-electron chi connectivity index (χ0n) is 15.2. The van der Waals surface area contributed by atoms with E-state index in [1.807, 2.05) is 0 Å². The standard InChI is InChI=1S/C19H24F3N3O2/c1-13(26)23-11-17(27)24-16-10-18(16)5-7-25(8-6-18)12-14-3-2-4-15(9-14)19(20,21)22/h2-4,9,16H,5-8,10-12H2,1H3,(H,23,26)(H,24,27). The molecule has 3 rings (SSSR count). The maximum Gasteiger partial charge on any atom is 0.416 e. The van der Waals surface area contributed by atoms with Gasteiger partial charge in [0.05, 0.1) is 12.1 Å². The number of carbonyl (C=O) groups is 2. The van der Waals surface area contributed by atoms with E-state index in [9.17, 15) is 22.8 Å². The van der Waals surface area contributed by atoms with E-state index in [0.717, 1.165) is 38.4 Å². The molecule has 5 nitrogen and oxygen atoms in total. The van der Waals surface area contributed by atoms with Crippen LogP contribution in [0.25, 0.3) is 0 Å². The second-order valence-corrected chi connectivity index (χ2v) is 7.57. The van der Waals surface area contributed by atoms with Crippen LogP contribution in [-0.2, 0) is 22.3 Å². The van der Waals surface area contributed by atoms with Gasteiger partial charge in [-0.25, -0.2) is 0 Å². The van der Waals surface area contributed by atoms with Crippen LogP contribution in [0.2, 0.25) is 0 Å². The van der Waals surface area contributed by atoms with Crippen molar-refractivity contribution in [2.24, 2.45) is 5.41 Å². The summed E-state index contributed by atoms with van der Waals surface area (Å²) in [6.45, 7) is 3.46. The molecule has 8 heteroatoms. The molecular weight excluding hydrogens is 359 g/mol. The number of nitrogens with zero attached hydrogens (tertiary/aromatic N) is 1. The second-order valence-electron chi connectivity index (χ2n) is 7.57. The molecule has 2 aliphatic rings. The van der Waals surface area contributed by atoms with Gasteiger partial charge in [0.1, 0.15) is 0 Å². The zero-order valence-corrected chi connectivity index (χ0v) is 15.2. The molecule has 1 aromatic rings. The first-order chi connectivity index (χ1) is 12.7. The van der Waals surface area contributed by atoms with E-state index in [2.05, 4.69) is 15.5 Å². The highest BCUT2D eigenvalue weighted by Crippen LogP contribution is 2.53. The maximum atomic E-state index is 12.8. The molecule has 1 heterocycles. The minimum atomic E-state index is -4.32. The molecule has 1 aromatic carbocycles. The molecule has 1 saturated carbocycles. The molecule has 1 spiro atoms. The van der Waals surface area contributed by atoms with Crippen molar-refractivity contribution in [1.29, 1.82) is 0 Å². The number of carbonyl (C=O) groups excluding carboxylic acids is 2. The summed E-state index contributed by atoms with van der Waals surface area (Å²) in [5.74, 6) is -0.419. The molecule has 1 saturated heterocycles. The lowest BCUT2D eigenvalue weighted by Crippen LogP contribution is -2.41. The number of rotatable bonds is 5. The highest BCUT2D eigenvalue weighted by Gasteiger charge is 2.55. The molecule has 2 fully saturated rings. The predicted octanol–water partition coefficient (Wildman–Crippen LogP) is 2.31. The summed E-state index contributed by atoms with van der Waals surface area (Å²) in [4.78, 5) is 24.8. The lowest BCUT2D eigenvalue weighted by atomic mass is 9.92. The van der Waals surface area contributed by atoms with Gasteiger partial charge in [0.15, 0.2) is 0 Å². The normalized spacial score (nSPS) is 21.7. The number of likely N-dealkylation sites (tertiary alicyclic amines) is 1. The Morgan fingerprint density at radius 2 is 1.96 bits per heavy atom. The number of piperidine rings is 1. The lowest BCUT2D eigenvalue weighted by Gasteiger charge is -2.33. The lowest BCUT2D eigenvalue weighted by molar-refractivity contribution is -0.137. The van der Waals surface area contributed by atoms with Crippen molar-refractivity contribution in [3.8, 4) is 0 Å². The van der Waals surface area contributed by atoms with Crippen molar-refractivity contribution in [3.63, 3.8) is 0 Å². The number of hydrogen-bond acceptors (Lipinski definition) is 3. The van der Waals surface area contributed by atoms with Gasteiger partial charge in [-0.15, -0.1) is 0 Å². The van der Waals surface area contributed by atoms with Gasteiger partial charge in [0, 0.05) is 19.5 Å². The Bertz CT molecular complexity index is 712. The SMILES string of the molecule is CC(=O)NCC(=O)NC1CC12CCN(Cc1cccc(C(F)(F)F)c1)CC2. The fourth-order valence-electron chi connectivity index (χ4n) is 3.82. The Morgan fingerprint density at radius 3 is 2.59 bits per heavy atom. The number of benzene rings is 1. The summed E-state index contributed by atoms with van der Waals surface area (Å²) >= 11 is 0. The highest BCUT2D eigenvalue weighted by molar-refractivity contribution is 5.84. The van der Waals surface area contributed by atoms with Gasteiger partial charge in [-0.2, -0.15) is 13.2 Å². The van der Waals surface area contributed by atoms with Crippen LogP contribution in [-0.4, -0.2) is 42.4 Å². The van der Waals surface area contributed by atoms with Gasteiger partial charge in [0.2, 0.25) is 11.8 Å². The third kappa shape index (κ3) is 5.00. The van der Waals surface area contributed by atoms with E-state index in [-0.39, 0.29) is 29.8 Å². The molecule has 2 amide bonds. The van der Waals surface area contributed by atoms with E-state index in [1.165, 1.54) is 19.1 Å². The topological polar surface area (TPSA) is 61.4 Å². The number of nitrogens with one attached hydrogen (secondary N) is 2. The van der Waals surface area contributed by atoms with Crippen LogP contribution >= 0.6 is 0 Å². The molecule has 0 bridgehead atoms. The van der Waals surface area contributed by atoms with Crippen molar-refractivity contribution in [2.75, 3.05) is 19.6 Å². The van der Waals surface area contributed by atoms with Gasteiger partial charge in [0.25, 0.3) is 0 Å². The summed E-state index contributed by atoms with van der Waals surface area (Å²) in [7, 11) is 0. The van der Waals surface area contributed by atoms with E-state index >= 15 is 0 Å². The smallest absolute Gasteiger partial charge is 0.351 e. The molecule has 0 aromatic heterocycles. The Kier molecular flexibility index (Phi) is 5.46.